The second-order valence-electron chi connectivity index (χ2n) is 5.91. The number of aliphatic carboxylic acids is 1. The van der Waals surface area contributed by atoms with Gasteiger partial charge in [0, 0.05) is 5.56 Å². The molecule has 26 heavy (non-hydrogen) atoms. The van der Waals surface area contributed by atoms with Crippen molar-refractivity contribution in [3.05, 3.63) is 74.9 Å². The second-order valence-corrected chi connectivity index (χ2v) is 5.91. The predicted octanol–water partition coefficient (Wildman–Crippen LogP) is 0.666. The zero-order valence-corrected chi connectivity index (χ0v) is 14.1. The van der Waals surface area contributed by atoms with Crippen molar-refractivity contribution in [2.45, 2.75) is 19.9 Å². The number of hydrogen-bond donors (Lipinski definition) is 0. The van der Waals surface area contributed by atoms with E-state index in [0.717, 1.165) is 9.13 Å². The molecule has 1 atom stereocenters. The fourth-order valence-electron chi connectivity index (χ4n) is 2.84. The molecule has 0 amide bonds. The van der Waals surface area contributed by atoms with E-state index in [9.17, 15) is 24.3 Å². The SMILES string of the molecule is CC(=O)c1ccc(-n2c(=O)c3ccccc3n([C@H](C)C(=O)[O-])c2=O)cc1. The van der Waals surface area contributed by atoms with Gasteiger partial charge in [0.2, 0.25) is 0 Å². The Balaban J connectivity index is 2.39. The lowest BCUT2D eigenvalue weighted by atomic mass is 10.1. The van der Waals surface area contributed by atoms with E-state index < -0.39 is 23.3 Å². The average Bonchev–Trinajstić information content (AvgIpc) is 2.62. The van der Waals surface area contributed by atoms with Gasteiger partial charge in [0.05, 0.1) is 28.6 Å². The number of rotatable bonds is 4. The lowest BCUT2D eigenvalue weighted by Gasteiger charge is -2.20. The number of carbonyl (C=O) groups excluding carboxylic acids is 2. The molecular formula is C19H15N2O5-. The van der Waals surface area contributed by atoms with Gasteiger partial charge in [-0.1, -0.05) is 12.1 Å². The van der Waals surface area contributed by atoms with E-state index in [1.807, 2.05) is 0 Å². The predicted molar refractivity (Wildman–Crippen MR) is 93.5 cm³/mol. The molecule has 0 aliphatic carbocycles. The standard InChI is InChI=1S/C19H16N2O5/c1-11(18(24)25)20-16-6-4-3-5-15(16)17(23)21(19(20)26)14-9-7-13(8-10-14)12(2)22/h3-11H,1-2H3,(H,24,25)/p-1/t11-/m1/s1. The third-order valence-electron chi connectivity index (χ3n) is 4.25. The van der Waals surface area contributed by atoms with Crippen molar-refractivity contribution < 1.29 is 14.7 Å². The summed E-state index contributed by atoms with van der Waals surface area (Å²) >= 11 is 0. The van der Waals surface area contributed by atoms with Gasteiger partial charge in [-0.25, -0.2) is 9.36 Å². The van der Waals surface area contributed by atoms with Crippen molar-refractivity contribution in [1.82, 2.24) is 9.13 Å². The molecule has 7 heteroatoms. The van der Waals surface area contributed by atoms with E-state index >= 15 is 0 Å². The number of para-hydroxylation sites is 1. The molecule has 7 nitrogen and oxygen atoms in total. The van der Waals surface area contributed by atoms with E-state index in [1.165, 1.54) is 50.2 Å². The third-order valence-corrected chi connectivity index (χ3v) is 4.25. The van der Waals surface area contributed by atoms with Crippen molar-refractivity contribution in [1.29, 1.82) is 0 Å². The summed E-state index contributed by atoms with van der Waals surface area (Å²) < 4.78 is 1.91. The number of aromatic nitrogens is 2. The van der Waals surface area contributed by atoms with Crippen molar-refractivity contribution >= 4 is 22.7 Å². The Morgan fingerprint density at radius 2 is 1.62 bits per heavy atom. The lowest BCUT2D eigenvalue weighted by molar-refractivity contribution is -0.309. The Kier molecular flexibility index (Phi) is 4.29. The number of hydrogen-bond acceptors (Lipinski definition) is 5. The minimum atomic E-state index is -1.44. The van der Waals surface area contributed by atoms with Gasteiger partial charge in [-0.15, -0.1) is 0 Å². The van der Waals surface area contributed by atoms with Gasteiger partial charge in [-0.2, -0.15) is 0 Å². The van der Waals surface area contributed by atoms with Gasteiger partial charge in [-0.3, -0.25) is 14.2 Å². The highest BCUT2D eigenvalue weighted by Crippen LogP contribution is 2.15. The highest BCUT2D eigenvalue weighted by atomic mass is 16.4. The molecule has 0 saturated carbocycles. The molecule has 2 aromatic carbocycles. The van der Waals surface area contributed by atoms with Crippen LogP contribution in [0, 0.1) is 0 Å². The number of nitrogens with zero attached hydrogens (tertiary/aromatic N) is 2. The minimum absolute atomic E-state index is 0.148. The fourth-order valence-corrected chi connectivity index (χ4v) is 2.84. The van der Waals surface area contributed by atoms with Crippen LogP contribution in [-0.4, -0.2) is 20.9 Å². The maximum absolute atomic E-state index is 12.9. The maximum Gasteiger partial charge on any atom is 0.336 e. The first-order valence-electron chi connectivity index (χ1n) is 7.91. The van der Waals surface area contributed by atoms with Crippen LogP contribution in [-0.2, 0) is 4.79 Å². The van der Waals surface area contributed by atoms with Crippen LogP contribution in [0.5, 0.6) is 0 Å². The third kappa shape index (κ3) is 2.73. The van der Waals surface area contributed by atoms with Gasteiger partial charge in [0.25, 0.3) is 5.56 Å². The summed E-state index contributed by atoms with van der Waals surface area (Å²) in [6, 6.07) is 11.0. The summed E-state index contributed by atoms with van der Waals surface area (Å²) in [5.41, 5.74) is -0.458. The molecule has 0 N–H and O–H groups in total. The molecular weight excluding hydrogens is 336 g/mol. The van der Waals surface area contributed by atoms with E-state index in [2.05, 4.69) is 0 Å². The van der Waals surface area contributed by atoms with E-state index in [-0.39, 0.29) is 22.4 Å². The van der Waals surface area contributed by atoms with E-state index in [1.54, 1.807) is 12.1 Å². The highest BCUT2D eigenvalue weighted by Gasteiger charge is 2.18. The topological polar surface area (TPSA) is 101 Å². The summed E-state index contributed by atoms with van der Waals surface area (Å²) in [5.74, 6) is -1.58. The summed E-state index contributed by atoms with van der Waals surface area (Å²) in [7, 11) is 0. The van der Waals surface area contributed by atoms with E-state index in [4.69, 9.17) is 0 Å². The number of benzene rings is 2. The summed E-state index contributed by atoms with van der Waals surface area (Å²) in [4.78, 5) is 48.5. The molecule has 0 radical (unpaired) electrons. The molecule has 132 valence electrons. The Morgan fingerprint density at radius 3 is 2.19 bits per heavy atom. The first-order valence-corrected chi connectivity index (χ1v) is 7.91. The molecule has 0 unspecified atom stereocenters. The number of carboxylic acids is 1. The van der Waals surface area contributed by atoms with Crippen LogP contribution in [0.4, 0.5) is 0 Å². The molecule has 0 bridgehead atoms. The number of carboxylic acid groups (broad SMARTS) is 1. The first kappa shape index (κ1) is 17.3. The van der Waals surface area contributed by atoms with Gasteiger partial charge in [-0.05, 0) is 50.2 Å². The van der Waals surface area contributed by atoms with Crippen LogP contribution in [0.15, 0.2) is 58.1 Å². The summed E-state index contributed by atoms with van der Waals surface area (Å²) in [6.07, 6.45) is 0. The molecule has 1 aromatic heterocycles. The van der Waals surface area contributed by atoms with Crippen molar-refractivity contribution in [2.75, 3.05) is 0 Å². The van der Waals surface area contributed by atoms with Gasteiger partial charge < -0.3 is 9.90 Å². The maximum atomic E-state index is 12.9. The average molecular weight is 351 g/mol. The van der Waals surface area contributed by atoms with Gasteiger partial charge in [0.1, 0.15) is 0 Å². The van der Waals surface area contributed by atoms with Crippen LogP contribution in [0.2, 0.25) is 0 Å². The zero-order valence-electron chi connectivity index (χ0n) is 14.1. The smallest absolute Gasteiger partial charge is 0.336 e. The molecule has 0 aliphatic rings. The molecule has 0 aliphatic heterocycles. The normalized spacial score (nSPS) is 12.1. The Labute approximate surface area is 147 Å². The number of Topliss-reactive ketones (excluding diaryl/α,β-unsaturated/α-hetero) is 1. The molecule has 3 aromatic rings. The van der Waals surface area contributed by atoms with Crippen molar-refractivity contribution in [3.63, 3.8) is 0 Å². The molecule has 1 heterocycles. The van der Waals surface area contributed by atoms with E-state index in [0.29, 0.717) is 5.56 Å². The van der Waals surface area contributed by atoms with Crippen LogP contribution in [0.3, 0.4) is 0 Å². The number of ketones is 1. The summed E-state index contributed by atoms with van der Waals surface area (Å²) in [6.45, 7) is 2.72. The van der Waals surface area contributed by atoms with Crippen molar-refractivity contribution in [3.8, 4) is 5.69 Å². The lowest BCUT2D eigenvalue weighted by Crippen LogP contribution is -2.44. The molecule has 0 fully saturated rings. The Bertz CT molecular complexity index is 1140. The quantitative estimate of drug-likeness (QED) is 0.643. The number of carbonyl (C=O) groups is 2. The second kappa shape index (κ2) is 6.44. The monoisotopic (exact) mass is 351 g/mol. The van der Waals surface area contributed by atoms with Crippen molar-refractivity contribution in [2.24, 2.45) is 0 Å². The number of fused-ring (bicyclic) bond motifs is 1. The largest absolute Gasteiger partial charge is 0.548 e. The summed E-state index contributed by atoms with van der Waals surface area (Å²) in [5, 5.41) is 11.6. The molecule has 0 spiro atoms. The minimum Gasteiger partial charge on any atom is -0.548 e. The van der Waals surface area contributed by atoms with Crippen LogP contribution >= 0.6 is 0 Å². The molecule has 0 saturated heterocycles. The highest BCUT2D eigenvalue weighted by molar-refractivity contribution is 5.94. The van der Waals surface area contributed by atoms with Crippen LogP contribution in [0.1, 0.15) is 30.2 Å². The van der Waals surface area contributed by atoms with Gasteiger partial charge >= 0.3 is 5.69 Å². The van der Waals surface area contributed by atoms with Crippen LogP contribution in [0.25, 0.3) is 16.6 Å². The fraction of sp³-hybridized carbons (Fsp3) is 0.158. The Morgan fingerprint density at radius 1 is 1.00 bits per heavy atom. The zero-order chi connectivity index (χ0) is 19.0. The first-order chi connectivity index (χ1) is 12.3. The van der Waals surface area contributed by atoms with Crippen LogP contribution < -0.4 is 16.4 Å². The Hall–Kier alpha value is -3.48. The molecule has 3 rings (SSSR count). The van der Waals surface area contributed by atoms with Gasteiger partial charge in [0.15, 0.2) is 5.78 Å².